The Kier molecular flexibility index (Phi) is 3.56. The molecule has 2 nitrogen and oxygen atoms in total. The van der Waals surface area contributed by atoms with E-state index in [1.165, 1.54) is 6.26 Å². The number of hydrogen-bond donors (Lipinski definition) is 0. The van der Waals surface area contributed by atoms with Crippen molar-refractivity contribution in [3.63, 3.8) is 0 Å². The van der Waals surface area contributed by atoms with Gasteiger partial charge in [-0.25, -0.2) is 4.98 Å². The monoisotopic (exact) mass is 365 g/mol. The molecule has 5 heteroatoms. The minimum absolute atomic E-state index is 0.402. The summed E-state index contributed by atoms with van der Waals surface area (Å²) in [4.78, 5) is 4.22. The van der Waals surface area contributed by atoms with Gasteiger partial charge in [-0.3, -0.25) is 0 Å². The van der Waals surface area contributed by atoms with Crippen molar-refractivity contribution in [2.45, 2.75) is 0 Å². The van der Waals surface area contributed by atoms with Crippen LogP contribution >= 0.6 is 45.8 Å². The van der Waals surface area contributed by atoms with Gasteiger partial charge in [0.25, 0.3) is 0 Å². The highest BCUT2D eigenvalue weighted by Gasteiger charge is 2.12. The van der Waals surface area contributed by atoms with E-state index in [4.69, 9.17) is 27.9 Å². The minimum Gasteiger partial charge on any atom is -0.462 e. The van der Waals surface area contributed by atoms with Crippen LogP contribution in [0.15, 0.2) is 31.0 Å². The Labute approximate surface area is 116 Å². The molecule has 2 aromatic rings. The summed E-state index contributed by atoms with van der Waals surface area (Å²) in [5.74, 6) is 0.623. The molecule has 0 aliphatic carbocycles. The molecule has 0 aliphatic rings. The zero-order chi connectivity index (χ0) is 11.7. The molecule has 0 radical (unpaired) electrons. The highest BCUT2D eigenvalue weighted by Crippen LogP contribution is 2.35. The number of fused-ring (bicyclic) bond motifs is 1. The normalized spacial score (nSPS) is 10.4. The van der Waals surface area contributed by atoms with Crippen molar-refractivity contribution in [2.75, 3.05) is 0 Å². The maximum absolute atomic E-state index is 6.12. The summed E-state index contributed by atoms with van der Waals surface area (Å²) >= 11 is 14.1. The lowest BCUT2D eigenvalue weighted by molar-refractivity contribution is 0.484. The third-order valence-electron chi connectivity index (χ3n) is 2.01. The standard InChI is InChI=1S/C11H6Cl2INO/c1-2-16-11-8(14)5-7(12)6-3-4-9(13)15-10(6)11/h2-5H,1H2. The number of benzene rings is 1. The zero-order valence-electron chi connectivity index (χ0n) is 8.01. The van der Waals surface area contributed by atoms with E-state index in [9.17, 15) is 0 Å². The van der Waals surface area contributed by atoms with Gasteiger partial charge < -0.3 is 4.74 Å². The van der Waals surface area contributed by atoms with Gasteiger partial charge >= 0.3 is 0 Å². The third kappa shape index (κ3) is 2.12. The van der Waals surface area contributed by atoms with Crippen LogP contribution in [0, 0.1) is 3.57 Å². The lowest BCUT2D eigenvalue weighted by atomic mass is 10.2. The molecule has 0 unspecified atom stereocenters. The summed E-state index contributed by atoms with van der Waals surface area (Å²) in [7, 11) is 0. The van der Waals surface area contributed by atoms with Gasteiger partial charge in [0.2, 0.25) is 0 Å². The first-order chi connectivity index (χ1) is 7.63. The number of ether oxygens (including phenoxy) is 1. The smallest absolute Gasteiger partial charge is 0.166 e. The summed E-state index contributed by atoms with van der Waals surface area (Å²) in [5, 5.41) is 1.84. The molecule has 0 saturated heterocycles. The van der Waals surface area contributed by atoms with E-state index < -0.39 is 0 Å². The first kappa shape index (κ1) is 12.0. The predicted octanol–water partition coefficient (Wildman–Crippen LogP) is 4.67. The molecule has 0 spiro atoms. The molecule has 0 N–H and O–H groups in total. The van der Waals surface area contributed by atoms with E-state index in [1.54, 1.807) is 6.07 Å². The fourth-order valence-electron chi connectivity index (χ4n) is 1.36. The molecule has 2 rings (SSSR count). The topological polar surface area (TPSA) is 22.1 Å². The van der Waals surface area contributed by atoms with Crippen molar-refractivity contribution in [3.05, 3.63) is 44.8 Å². The molecule has 0 fully saturated rings. The largest absolute Gasteiger partial charge is 0.462 e. The second kappa shape index (κ2) is 4.77. The zero-order valence-corrected chi connectivity index (χ0v) is 11.7. The minimum atomic E-state index is 0.402. The number of hydrogen-bond acceptors (Lipinski definition) is 2. The van der Waals surface area contributed by atoms with Crippen LogP contribution in [-0.2, 0) is 0 Å². The SMILES string of the molecule is C=COc1c(I)cc(Cl)c2ccc(Cl)nc12. The Balaban J connectivity index is 2.85. The van der Waals surface area contributed by atoms with Crippen LogP contribution in [0.5, 0.6) is 5.75 Å². The average molecular weight is 366 g/mol. The molecule has 16 heavy (non-hydrogen) atoms. The molecule has 1 aromatic carbocycles. The van der Waals surface area contributed by atoms with E-state index in [2.05, 4.69) is 34.2 Å². The van der Waals surface area contributed by atoms with Crippen LogP contribution < -0.4 is 4.74 Å². The van der Waals surface area contributed by atoms with Gasteiger partial charge in [-0.05, 0) is 40.8 Å². The molecule has 0 atom stereocenters. The number of rotatable bonds is 2. The van der Waals surface area contributed by atoms with Crippen LogP contribution in [0.1, 0.15) is 0 Å². The van der Waals surface area contributed by atoms with Crippen LogP contribution in [0.25, 0.3) is 10.9 Å². The van der Waals surface area contributed by atoms with E-state index >= 15 is 0 Å². The Morgan fingerprint density at radius 3 is 2.81 bits per heavy atom. The van der Waals surface area contributed by atoms with Crippen LogP contribution in [-0.4, -0.2) is 4.98 Å². The summed E-state index contributed by atoms with van der Waals surface area (Å²) in [6.45, 7) is 3.53. The van der Waals surface area contributed by atoms with Gasteiger partial charge in [0, 0.05) is 5.39 Å². The third-order valence-corrected chi connectivity index (χ3v) is 3.33. The van der Waals surface area contributed by atoms with Gasteiger partial charge in [-0.15, -0.1) is 0 Å². The number of halogens is 3. The van der Waals surface area contributed by atoms with Crippen LogP contribution in [0.2, 0.25) is 10.2 Å². The molecule has 0 bridgehead atoms. The maximum atomic E-state index is 6.12. The molecule has 0 amide bonds. The second-order valence-corrected chi connectivity index (χ2v) is 4.94. The fourth-order valence-corrected chi connectivity index (χ4v) is 2.65. The van der Waals surface area contributed by atoms with Crippen molar-refractivity contribution in [1.82, 2.24) is 4.98 Å². The Bertz CT molecular complexity index is 571. The molecular weight excluding hydrogens is 360 g/mol. The van der Waals surface area contributed by atoms with Crippen molar-refractivity contribution >= 4 is 56.7 Å². The fraction of sp³-hybridized carbons (Fsp3) is 0. The van der Waals surface area contributed by atoms with Crippen molar-refractivity contribution in [1.29, 1.82) is 0 Å². The lowest BCUT2D eigenvalue weighted by Crippen LogP contribution is -1.91. The molecular formula is C11H6Cl2INO. The quantitative estimate of drug-likeness (QED) is 0.438. The summed E-state index contributed by atoms with van der Waals surface area (Å²) in [6.07, 6.45) is 1.35. The van der Waals surface area contributed by atoms with Gasteiger partial charge in [-0.2, -0.15) is 0 Å². The summed E-state index contributed by atoms with van der Waals surface area (Å²) in [5.41, 5.74) is 0.643. The number of aromatic nitrogens is 1. The molecule has 1 heterocycles. The van der Waals surface area contributed by atoms with Crippen LogP contribution in [0.3, 0.4) is 0 Å². The molecule has 1 aromatic heterocycles. The average Bonchev–Trinajstić information content (AvgIpc) is 2.23. The van der Waals surface area contributed by atoms with Gasteiger partial charge in [0.1, 0.15) is 10.7 Å². The highest BCUT2D eigenvalue weighted by atomic mass is 127. The number of nitrogens with zero attached hydrogens (tertiary/aromatic N) is 1. The maximum Gasteiger partial charge on any atom is 0.166 e. The molecule has 0 saturated carbocycles. The van der Waals surface area contributed by atoms with Crippen LogP contribution in [0.4, 0.5) is 0 Å². The van der Waals surface area contributed by atoms with E-state index in [0.717, 1.165) is 8.96 Å². The van der Waals surface area contributed by atoms with E-state index in [0.29, 0.717) is 21.4 Å². The van der Waals surface area contributed by atoms with Crippen molar-refractivity contribution in [2.24, 2.45) is 0 Å². The molecule has 82 valence electrons. The molecule has 0 aliphatic heterocycles. The van der Waals surface area contributed by atoms with Crippen molar-refractivity contribution in [3.8, 4) is 5.75 Å². The van der Waals surface area contributed by atoms with Gasteiger partial charge in [0.05, 0.1) is 14.9 Å². The van der Waals surface area contributed by atoms with Gasteiger partial charge in [0.15, 0.2) is 5.75 Å². The first-order valence-electron chi connectivity index (χ1n) is 4.35. The second-order valence-electron chi connectivity index (χ2n) is 2.98. The van der Waals surface area contributed by atoms with E-state index in [-0.39, 0.29) is 0 Å². The van der Waals surface area contributed by atoms with Gasteiger partial charge in [-0.1, -0.05) is 29.8 Å². The Morgan fingerprint density at radius 2 is 2.12 bits per heavy atom. The Hall–Kier alpha value is -0.520. The number of pyridine rings is 1. The lowest BCUT2D eigenvalue weighted by Gasteiger charge is -2.08. The predicted molar refractivity (Wildman–Crippen MR) is 75.3 cm³/mol. The Morgan fingerprint density at radius 1 is 1.38 bits per heavy atom. The van der Waals surface area contributed by atoms with Crippen molar-refractivity contribution < 1.29 is 4.74 Å². The summed E-state index contributed by atoms with van der Waals surface area (Å²) < 4.78 is 6.20. The van der Waals surface area contributed by atoms with E-state index in [1.807, 2.05) is 12.1 Å². The first-order valence-corrected chi connectivity index (χ1v) is 6.18. The summed E-state index contributed by atoms with van der Waals surface area (Å²) in [6, 6.07) is 5.33. The highest BCUT2D eigenvalue weighted by molar-refractivity contribution is 14.1.